The molecule has 20 heavy (non-hydrogen) atoms. The lowest BCUT2D eigenvalue weighted by Gasteiger charge is -2.34. The summed E-state index contributed by atoms with van der Waals surface area (Å²) in [6, 6.07) is 0. The summed E-state index contributed by atoms with van der Waals surface area (Å²) in [5.74, 6) is -1.56. The zero-order chi connectivity index (χ0) is 15.3. The molecule has 0 aromatic heterocycles. The molecule has 0 radical (unpaired) electrons. The second kappa shape index (κ2) is 6.88. The van der Waals surface area contributed by atoms with Gasteiger partial charge < -0.3 is 14.2 Å². The summed E-state index contributed by atoms with van der Waals surface area (Å²) in [4.78, 5) is 33.5. The number of rotatable bonds is 4. The minimum atomic E-state index is -0.857. The van der Waals surface area contributed by atoms with Crippen LogP contribution >= 0.6 is 0 Å². The van der Waals surface area contributed by atoms with Crippen LogP contribution in [-0.2, 0) is 28.6 Å². The van der Waals surface area contributed by atoms with Gasteiger partial charge in [0.15, 0.2) is 12.2 Å². The Hall–Kier alpha value is -2.11. The van der Waals surface area contributed by atoms with Crippen LogP contribution < -0.4 is 0 Å². The maximum atomic E-state index is 11.2. The molecule has 0 saturated carbocycles. The molecule has 1 aliphatic rings. The summed E-state index contributed by atoms with van der Waals surface area (Å²) in [5.41, 5.74) is 0.755. The minimum Gasteiger partial charge on any atom is -0.458 e. The molecule has 1 rings (SSSR count). The third-order valence-corrected chi connectivity index (χ3v) is 2.69. The highest BCUT2D eigenvalue weighted by Crippen LogP contribution is 2.27. The Morgan fingerprint density at radius 1 is 1.10 bits per heavy atom. The molecule has 1 aliphatic carbocycles. The average molecular weight is 282 g/mol. The van der Waals surface area contributed by atoms with Crippen LogP contribution in [-0.4, -0.2) is 36.2 Å². The van der Waals surface area contributed by atoms with Gasteiger partial charge in [-0.1, -0.05) is 12.7 Å². The van der Waals surface area contributed by atoms with E-state index in [9.17, 15) is 14.4 Å². The molecule has 6 nitrogen and oxygen atoms in total. The van der Waals surface area contributed by atoms with Crippen LogP contribution in [0.2, 0.25) is 0 Å². The lowest BCUT2D eigenvalue weighted by atomic mass is 9.91. The predicted octanol–water partition coefficient (Wildman–Crippen LogP) is 1.30. The van der Waals surface area contributed by atoms with E-state index in [1.807, 2.05) is 0 Å². The molecule has 0 aromatic rings. The van der Waals surface area contributed by atoms with Crippen molar-refractivity contribution < 1.29 is 28.6 Å². The fourth-order valence-electron chi connectivity index (χ4n) is 2.03. The fourth-order valence-corrected chi connectivity index (χ4v) is 2.03. The Bertz CT molecular complexity index is 451. The van der Waals surface area contributed by atoms with Crippen molar-refractivity contribution in [1.29, 1.82) is 0 Å². The molecule has 0 N–H and O–H groups in total. The molecule has 0 fully saturated rings. The summed E-state index contributed by atoms with van der Waals surface area (Å²) in [6.07, 6.45) is 1.20. The molecule has 0 amide bonds. The number of hydrogen-bond donors (Lipinski definition) is 0. The van der Waals surface area contributed by atoms with E-state index < -0.39 is 36.2 Å². The smallest absolute Gasteiger partial charge is 0.303 e. The van der Waals surface area contributed by atoms with E-state index in [2.05, 4.69) is 6.58 Å². The van der Waals surface area contributed by atoms with Gasteiger partial charge >= 0.3 is 17.9 Å². The van der Waals surface area contributed by atoms with E-state index in [4.69, 9.17) is 14.2 Å². The first-order chi connectivity index (χ1) is 9.33. The normalized spacial score (nSPS) is 25.1. The molecule has 110 valence electrons. The second-order valence-electron chi connectivity index (χ2n) is 4.45. The fraction of sp³-hybridized carbons (Fsp3) is 0.500. The number of carbonyl (C=O) groups excluding carboxylic acids is 3. The first kappa shape index (κ1) is 15.9. The van der Waals surface area contributed by atoms with Gasteiger partial charge in [0.2, 0.25) is 0 Å². The van der Waals surface area contributed by atoms with Crippen molar-refractivity contribution in [2.24, 2.45) is 0 Å². The van der Waals surface area contributed by atoms with Crippen LogP contribution in [0.5, 0.6) is 0 Å². The first-order valence-corrected chi connectivity index (χ1v) is 6.18. The van der Waals surface area contributed by atoms with E-state index in [0.717, 1.165) is 5.57 Å². The van der Waals surface area contributed by atoms with Gasteiger partial charge in [0.1, 0.15) is 6.10 Å². The molecule has 6 heteroatoms. The van der Waals surface area contributed by atoms with E-state index in [1.165, 1.54) is 20.8 Å². The monoisotopic (exact) mass is 282 g/mol. The van der Waals surface area contributed by atoms with Gasteiger partial charge in [-0.3, -0.25) is 14.4 Å². The van der Waals surface area contributed by atoms with Crippen molar-refractivity contribution in [2.45, 2.75) is 45.5 Å². The van der Waals surface area contributed by atoms with Crippen molar-refractivity contribution in [2.75, 3.05) is 0 Å². The Kier molecular flexibility index (Phi) is 5.49. The summed E-state index contributed by atoms with van der Waals surface area (Å²) >= 11 is 0. The Morgan fingerprint density at radius 3 is 2.10 bits per heavy atom. The molecule has 0 spiro atoms. The molecule has 0 heterocycles. The van der Waals surface area contributed by atoms with Crippen LogP contribution in [0.15, 0.2) is 24.3 Å². The SMILES string of the molecule is C=CC1=C[C@H](OC(C)=O)[C@@H](OC(C)=O)[C@@H](OC(C)=O)C1. The van der Waals surface area contributed by atoms with E-state index in [1.54, 1.807) is 12.2 Å². The average Bonchev–Trinajstić information content (AvgIpc) is 2.30. The third-order valence-electron chi connectivity index (χ3n) is 2.69. The van der Waals surface area contributed by atoms with Gasteiger partial charge in [0, 0.05) is 27.2 Å². The topological polar surface area (TPSA) is 78.9 Å². The number of allylic oxidation sites excluding steroid dienone is 1. The summed E-state index contributed by atoms with van der Waals surface area (Å²) in [6.45, 7) is 7.39. The predicted molar refractivity (Wildman–Crippen MR) is 69.6 cm³/mol. The van der Waals surface area contributed by atoms with Crippen molar-refractivity contribution >= 4 is 17.9 Å². The maximum absolute atomic E-state index is 11.2. The number of carbonyl (C=O) groups is 3. The zero-order valence-electron chi connectivity index (χ0n) is 11.8. The molecule has 0 aromatic carbocycles. The number of ether oxygens (including phenoxy) is 3. The van der Waals surface area contributed by atoms with Gasteiger partial charge in [0.25, 0.3) is 0 Å². The summed E-state index contributed by atoms with van der Waals surface area (Å²) in [5, 5.41) is 0. The highest BCUT2D eigenvalue weighted by Gasteiger charge is 2.39. The Balaban J connectivity index is 3.05. The van der Waals surface area contributed by atoms with Gasteiger partial charge in [-0.05, 0) is 11.6 Å². The first-order valence-electron chi connectivity index (χ1n) is 6.18. The van der Waals surface area contributed by atoms with Crippen molar-refractivity contribution in [3.63, 3.8) is 0 Å². The minimum absolute atomic E-state index is 0.346. The summed E-state index contributed by atoms with van der Waals surface area (Å²) < 4.78 is 15.4. The summed E-state index contributed by atoms with van der Waals surface area (Å²) in [7, 11) is 0. The van der Waals surface area contributed by atoms with Crippen LogP contribution in [0.4, 0.5) is 0 Å². The van der Waals surface area contributed by atoms with Crippen LogP contribution in [0.25, 0.3) is 0 Å². The van der Waals surface area contributed by atoms with E-state index >= 15 is 0 Å². The third kappa shape index (κ3) is 4.53. The zero-order valence-corrected chi connectivity index (χ0v) is 11.8. The maximum Gasteiger partial charge on any atom is 0.303 e. The van der Waals surface area contributed by atoms with Gasteiger partial charge in [-0.25, -0.2) is 0 Å². The lowest BCUT2D eigenvalue weighted by molar-refractivity contribution is -0.180. The number of hydrogen-bond acceptors (Lipinski definition) is 6. The molecular formula is C14H18O6. The molecular weight excluding hydrogens is 264 g/mol. The lowest BCUT2D eigenvalue weighted by Crippen LogP contribution is -2.46. The standard InChI is InChI=1S/C14H18O6/c1-5-11-6-12(18-8(2)15)14(20-10(4)17)13(7-11)19-9(3)16/h5-6,12-14H,1,7H2,2-4H3/t12-,13-,14+/m0/s1. The molecule has 0 aliphatic heterocycles. The van der Waals surface area contributed by atoms with E-state index in [0.29, 0.717) is 6.42 Å². The molecule has 0 unspecified atom stereocenters. The van der Waals surface area contributed by atoms with E-state index in [-0.39, 0.29) is 0 Å². The van der Waals surface area contributed by atoms with Gasteiger partial charge in [0.05, 0.1) is 0 Å². The van der Waals surface area contributed by atoms with Crippen LogP contribution in [0, 0.1) is 0 Å². The Morgan fingerprint density at radius 2 is 1.65 bits per heavy atom. The van der Waals surface area contributed by atoms with Crippen molar-refractivity contribution in [3.05, 3.63) is 24.3 Å². The molecule has 0 bridgehead atoms. The molecule has 0 saturated heterocycles. The largest absolute Gasteiger partial charge is 0.458 e. The highest BCUT2D eigenvalue weighted by molar-refractivity contribution is 5.68. The van der Waals surface area contributed by atoms with Gasteiger partial charge in [-0.15, -0.1) is 0 Å². The van der Waals surface area contributed by atoms with Crippen molar-refractivity contribution in [3.8, 4) is 0 Å². The second-order valence-corrected chi connectivity index (χ2v) is 4.45. The van der Waals surface area contributed by atoms with Gasteiger partial charge in [-0.2, -0.15) is 0 Å². The van der Waals surface area contributed by atoms with Crippen molar-refractivity contribution in [1.82, 2.24) is 0 Å². The molecule has 3 atom stereocenters. The number of esters is 3. The highest BCUT2D eigenvalue weighted by atomic mass is 16.6. The van der Waals surface area contributed by atoms with Crippen LogP contribution in [0.3, 0.4) is 0 Å². The quantitative estimate of drug-likeness (QED) is 0.571. The Labute approximate surface area is 117 Å². The van der Waals surface area contributed by atoms with Crippen LogP contribution in [0.1, 0.15) is 27.2 Å².